The van der Waals surface area contributed by atoms with E-state index < -0.39 is 10.0 Å². The Balaban J connectivity index is 2.50. The third-order valence-electron chi connectivity index (χ3n) is 5.45. The minimum absolute atomic E-state index is 0.0430. The number of rotatable bonds is 11. The summed E-state index contributed by atoms with van der Waals surface area (Å²) in [5.74, 6) is -0.434. The van der Waals surface area contributed by atoms with Gasteiger partial charge in [0.15, 0.2) is 0 Å². The summed E-state index contributed by atoms with van der Waals surface area (Å²) in [6.45, 7) is 10.0. The van der Waals surface area contributed by atoms with E-state index in [1.807, 2.05) is 34.6 Å². The summed E-state index contributed by atoms with van der Waals surface area (Å²) in [5, 5.41) is 2.77. The lowest BCUT2D eigenvalue weighted by molar-refractivity contribution is -0.140. The Morgan fingerprint density at radius 3 is 1.90 bits per heavy atom. The molecule has 0 radical (unpaired) electrons. The lowest BCUT2D eigenvalue weighted by Gasteiger charge is -2.19. The smallest absolute Gasteiger partial charge is 0.305 e. The van der Waals surface area contributed by atoms with E-state index in [4.69, 9.17) is 0 Å². The first kappa shape index (κ1) is 25.1. The van der Waals surface area contributed by atoms with Crippen LogP contribution >= 0.6 is 0 Å². The number of amides is 1. The molecule has 7 nitrogen and oxygen atoms in total. The molecule has 0 heterocycles. The maximum atomic E-state index is 12.8. The van der Waals surface area contributed by atoms with E-state index in [-0.39, 0.29) is 24.8 Å². The largest absolute Gasteiger partial charge is 0.469 e. The van der Waals surface area contributed by atoms with E-state index in [1.54, 1.807) is 0 Å². The molecule has 29 heavy (non-hydrogen) atoms. The molecule has 1 amide bonds. The van der Waals surface area contributed by atoms with Crippen molar-refractivity contribution in [3.05, 3.63) is 27.8 Å². The summed E-state index contributed by atoms with van der Waals surface area (Å²) in [6.07, 6.45) is 2.74. The Morgan fingerprint density at radius 1 is 0.793 bits per heavy atom. The molecule has 1 aromatic rings. The van der Waals surface area contributed by atoms with Gasteiger partial charge < -0.3 is 10.1 Å². The zero-order valence-corrected chi connectivity index (χ0v) is 19.2. The molecule has 0 saturated heterocycles. The SMILES string of the molecule is COC(=O)CCCCCNC(=O)CCNS(=O)(=O)c1c(C)c(C)c(C)c(C)c1C. The van der Waals surface area contributed by atoms with E-state index in [1.165, 1.54) is 7.11 Å². The van der Waals surface area contributed by atoms with Crippen molar-refractivity contribution in [3.8, 4) is 0 Å². The van der Waals surface area contributed by atoms with Gasteiger partial charge in [0.1, 0.15) is 0 Å². The molecule has 1 aromatic carbocycles. The van der Waals surface area contributed by atoms with Crippen molar-refractivity contribution in [3.63, 3.8) is 0 Å². The van der Waals surface area contributed by atoms with Crippen molar-refractivity contribution < 1.29 is 22.7 Å². The Hall–Kier alpha value is -1.93. The number of carbonyl (C=O) groups excluding carboxylic acids is 2. The molecule has 8 heteroatoms. The number of unbranched alkanes of at least 4 members (excludes halogenated alkanes) is 2. The van der Waals surface area contributed by atoms with Gasteiger partial charge in [-0.3, -0.25) is 9.59 Å². The molecular formula is C21H34N2O5S. The molecule has 2 N–H and O–H groups in total. The number of benzene rings is 1. The van der Waals surface area contributed by atoms with Gasteiger partial charge in [0, 0.05) is 25.9 Å². The van der Waals surface area contributed by atoms with Crippen LogP contribution in [0.4, 0.5) is 0 Å². The Kier molecular flexibility index (Phi) is 9.79. The van der Waals surface area contributed by atoms with Crippen molar-refractivity contribution >= 4 is 21.9 Å². The molecule has 0 saturated carbocycles. The monoisotopic (exact) mass is 426 g/mol. The molecule has 0 spiro atoms. The van der Waals surface area contributed by atoms with Gasteiger partial charge in [0.2, 0.25) is 15.9 Å². The molecule has 0 aromatic heterocycles. The van der Waals surface area contributed by atoms with Gasteiger partial charge in [-0.2, -0.15) is 0 Å². The summed E-state index contributed by atoms with van der Waals surface area (Å²) in [6, 6.07) is 0. The summed E-state index contributed by atoms with van der Waals surface area (Å²) < 4.78 is 32.7. The minimum atomic E-state index is -3.70. The van der Waals surface area contributed by atoms with Crippen molar-refractivity contribution in [2.75, 3.05) is 20.2 Å². The lowest BCUT2D eigenvalue weighted by atomic mass is 9.95. The highest BCUT2D eigenvalue weighted by molar-refractivity contribution is 7.89. The number of esters is 1. The average Bonchev–Trinajstić information content (AvgIpc) is 2.66. The van der Waals surface area contributed by atoms with Gasteiger partial charge in [0.05, 0.1) is 12.0 Å². The number of nitrogens with one attached hydrogen (secondary N) is 2. The van der Waals surface area contributed by atoms with E-state index in [0.717, 1.165) is 47.1 Å². The molecule has 0 aliphatic carbocycles. The first-order valence-electron chi connectivity index (χ1n) is 9.93. The normalized spacial score (nSPS) is 11.4. The summed E-state index contributed by atoms with van der Waals surface area (Å²) in [7, 11) is -2.33. The number of ether oxygens (including phenoxy) is 1. The molecule has 0 aliphatic rings. The van der Waals surface area contributed by atoms with Crippen LogP contribution < -0.4 is 10.0 Å². The Labute approximate surface area is 174 Å². The quantitative estimate of drug-likeness (QED) is 0.418. The molecule has 0 bridgehead atoms. The highest BCUT2D eigenvalue weighted by Gasteiger charge is 2.23. The maximum absolute atomic E-state index is 12.8. The number of hydrogen-bond acceptors (Lipinski definition) is 5. The van der Waals surface area contributed by atoms with Crippen LogP contribution in [0.1, 0.15) is 59.9 Å². The average molecular weight is 427 g/mol. The fourth-order valence-electron chi connectivity index (χ4n) is 3.23. The van der Waals surface area contributed by atoms with Gasteiger partial charge in [-0.1, -0.05) is 6.42 Å². The van der Waals surface area contributed by atoms with Crippen molar-refractivity contribution in [2.45, 2.75) is 71.6 Å². The molecule has 0 atom stereocenters. The van der Waals surface area contributed by atoms with Crippen LogP contribution in [0.5, 0.6) is 0 Å². The van der Waals surface area contributed by atoms with Gasteiger partial charge in [0.25, 0.3) is 0 Å². The van der Waals surface area contributed by atoms with Crippen LogP contribution in [0.3, 0.4) is 0 Å². The standard InChI is InChI=1S/C21H34N2O5S/c1-14-15(2)17(4)21(18(5)16(14)3)29(26,27)23-13-11-19(24)22-12-9-7-8-10-20(25)28-6/h23H,7-13H2,1-6H3,(H,22,24). The lowest BCUT2D eigenvalue weighted by Crippen LogP contribution is -2.32. The second-order valence-corrected chi connectivity index (χ2v) is 9.04. The molecule has 164 valence electrons. The van der Waals surface area contributed by atoms with Crippen LogP contribution in [0.15, 0.2) is 4.90 Å². The number of sulfonamides is 1. The fraction of sp³-hybridized carbons (Fsp3) is 0.619. The summed E-state index contributed by atoms with van der Waals surface area (Å²) in [4.78, 5) is 23.2. The Bertz CT molecular complexity index is 818. The summed E-state index contributed by atoms with van der Waals surface area (Å²) >= 11 is 0. The van der Waals surface area contributed by atoms with Crippen LogP contribution in [-0.2, 0) is 24.3 Å². The van der Waals surface area contributed by atoms with Gasteiger partial charge in [-0.25, -0.2) is 13.1 Å². The van der Waals surface area contributed by atoms with E-state index in [9.17, 15) is 18.0 Å². The predicted molar refractivity (Wildman–Crippen MR) is 113 cm³/mol. The molecule has 0 unspecified atom stereocenters. The van der Waals surface area contributed by atoms with Crippen LogP contribution in [0.2, 0.25) is 0 Å². The van der Waals surface area contributed by atoms with E-state index in [0.29, 0.717) is 17.9 Å². The second kappa shape index (κ2) is 11.3. The Morgan fingerprint density at radius 2 is 1.34 bits per heavy atom. The third kappa shape index (κ3) is 7.12. The number of methoxy groups -OCH3 is 1. The highest BCUT2D eigenvalue weighted by Crippen LogP contribution is 2.29. The van der Waals surface area contributed by atoms with Crippen LogP contribution in [0.25, 0.3) is 0 Å². The predicted octanol–water partition coefficient (Wildman–Crippen LogP) is 2.75. The van der Waals surface area contributed by atoms with Gasteiger partial charge >= 0.3 is 5.97 Å². The molecular weight excluding hydrogens is 392 g/mol. The van der Waals surface area contributed by atoms with Crippen molar-refractivity contribution in [1.82, 2.24) is 10.0 Å². The van der Waals surface area contributed by atoms with Gasteiger partial charge in [-0.15, -0.1) is 0 Å². The number of hydrogen-bond donors (Lipinski definition) is 2. The maximum Gasteiger partial charge on any atom is 0.305 e. The third-order valence-corrected chi connectivity index (χ3v) is 7.19. The molecule has 0 fully saturated rings. The minimum Gasteiger partial charge on any atom is -0.469 e. The van der Waals surface area contributed by atoms with E-state index in [2.05, 4.69) is 14.8 Å². The zero-order valence-electron chi connectivity index (χ0n) is 18.4. The first-order chi connectivity index (χ1) is 13.5. The second-order valence-electron chi connectivity index (χ2n) is 7.34. The fourth-order valence-corrected chi connectivity index (χ4v) is 4.86. The van der Waals surface area contributed by atoms with E-state index >= 15 is 0 Å². The van der Waals surface area contributed by atoms with Crippen molar-refractivity contribution in [1.29, 1.82) is 0 Å². The van der Waals surface area contributed by atoms with Crippen molar-refractivity contribution in [2.24, 2.45) is 0 Å². The molecule has 0 aliphatic heterocycles. The topological polar surface area (TPSA) is 102 Å². The summed E-state index contributed by atoms with van der Waals surface area (Å²) in [5.41, 5.74) is 4.53. The van der Waals surface area contributed by atoms with Gasteiger partial charge in [-0.05, 0) is 75.3 Å². The molecule has 1 rings (SSSR count). The first-order valence-corrected chi connectivity index (χ1v) is 11.4. The van der Waals surface area contributed by atoms with Crippen LogP contribution in [0, 0.1) is 34.6 Å². The van der Waals surface area contributed by atoms with Crippen LogP contribution in [-0.4, -0.2) is 40.5 Å². The number of carbonyl (C=O) groups is 2. The zero-order chi connectivity index (χ0) is 22.2. The highest BCUT2D eigenvalue weighted by atomic mass is 32.2.